The predicted octanol–water partition coefficient (Wildman–Crippen LogP) is 6.98. The fourth-order valence-electron chi connectivity index (χ4n) is 8.54. The van der Waals surface area contributed by atoms with Gasteiger partial charge >= 0.3 is 0 Å². The first-order chi connectivity index (χ1) is 31.8. The van der Waals surface area contributed by atoms with Crippen molar-refractivity contribution in [3.63, 3.8) is 0 Å². The Labute approximate surface area is 389 Å². The number of nitrogens with zero attached hydrogens (tertiary/aromatic N) is 2. The fourth-order valence-corrected chi connectivity index (χ4v) is 8.54. The SMILES string of the molecule is CCCCc1ccc(-c2ccc(C(=O)C[C@@H](CCCN)C(=O)N(C)[C@@H]3C(=O)C[C@@H](C)C(=O)N[C@H](C(=O)CCC#N)Cc4ccc(OCCN)c(c4)-c4cc3ccc4OCCN)c(C)c2)cc1. The second-order valence-corrected chi connectivity index (χ2v) is 17.3. The zero-order valence-corrected chi connectivity index (χ0v) is 38.9. The molecule has 4 atom stereocenters. The van der Waals surface area contributed by atoms with E-state index in [4.69, 9.17) is 26.7 Å². The highest BCUT2D eigenvalue weighted by Gasteiger charge is 2.36. The molecular formula is C53H66N6O7. The van der Waals surface area contributed by atoms with Crippen LogP contribution in [0.4, 0.5) is 0 Å². The Balaban J connectivity index is 1.55. The number of fused-ring (bicyclic) bond motifs is 5. The molecule has 5 rings (SSSR count). The number of aryl methyl sites for hydroxylation is 2. The molecule has 2 amide bonds. The quantitative estimate of drug-likeness (QED) is 0.0625. The highest BCUT2D eigenvalue weighted by Crippen LogP contribution is 2.41. The number of carbonyl (C=O) groups excluding carboxylic acids is 5. The van der Waals surface area contributed by atoms with Gasteiger partial charge in [0, 0.05) is 74.3 Å². The molecule has 0 unspecified atom stereocenters. The number of hydrogen-bond donors (Lipinski definition) is 4. The van der Waals surface area contributed by atoms with E-state index in [-0.39, 0.29) is 70.0 Å². The summed E-state index contributed by atoms with van der Waals surface area (Å²) in [4.78, 5) is 72.6. The number of benzene rings is 4. The highest BCUT2D eigenvalue weighted by molar-refractivity contribution is 6.01. The summed E-state index contributed by atoms with van der Waals surface area (Å²) >= 11 is 0. The number of nitrogens with two attached hydrogens (primary N) is 3. The number of likely N-dealkylation sites (N-methyl/N-ethyl adjacent to an activating group) is 1. The number of rotatable bonds is 21. The van der Waals surface area contributed by atoms with Crippen molar-refractivity contribution >= 4 is 29.2 Å². The molecule has 0 spiro atoms. The van der Waals surface area contributed by atoms with E-state index in [1.807, 2.05) is 37.3 Å². The predicted molar refractivity (Wildman–Crippen MR) is 257 cm³/mol. The molecule has 0 saturated heterocycles. The van der Waals surface area contributed by atoms with E-state index < -0.39 is 41.5 Å². The number of amides is 2. The number of Topliss-reactive ketones (excluding diaryl/α,β-unsaturated/α-hetero) is 3. The summed E-state index contributed by atoms with van der Waals surface area (Å²) in [6, 6.07) is 24.7. The average Bonchev–Trinajstić information content (AvgIpc) is 3.32. The van der Waals surface area contributed by atoms with Crippen molar-refractivity contribution < 1.29 is 33.4 Å². The van der Waals surface area contributed by atoms with Crippen molar-refractivity contribution in [2.24, 2.45) is 29.0 Å². The summed E-state index contributed by atoms with van der Waals surface area (Å²) in [5.74, 6) is -2.72. The maximum atomic E-state index is 14.9. The van der Waals surface area contributed by atoms with E-state index in [1.54, 1.807) is 44.3 Å². The Morgan fingerprint density at radius 2 is 1.52 bits per heavy atom. The van der Waals surface area contributed by atoms with Crippen LogP contribution in [-0.4, -0.2) is 80.0 Å². The topological polar surface area (TPSA) is 221 Å². The lowest BCUT2D eigenvalue weighted by Crippen LogP contribution is -2.45. The number of carbonyl (C=O) groups is 5. The Hall–Kier alpha value is -6.20. The van der Waals surface area contributed by atoms with Crippen LogP contribution in [0.5, 0.6) is 11.5 Å². The van der Waals surface area contributed by atoms with Gasteiger partial charge in [-0.25, -0.2) is 0 Å². The lowest BCUT2D eigenvalue weighted by atomic mass is 9.87. The molecule has 1 aliphatic heterocycles. The molecule has 4 aromatic carbocycles. The van der Waals surface area contributed by atoms with Crippen LogP contribution in [0.15, 0.2) is 78.9 Å². The minimum absolute atomic E-state index is 0.0228. The number of ether oxygens (including phenoxy) is 2. The van der Waals surface area contributed by atoms with E-state index >= 15 is 0 Å². The summed E-state index contributed by atoms with van der Waals surface area (Å²) in [7, 11) is 1.55. The summed E-state index contributed by atoms with van der Waals surface area (Å²) < 4.78 is 12.3. The van der Waals surface area contributed by atoms with Crippen LogP contribution in [0, 0.1) is 30.1 Å². The lowest BCUT2D eigenvalue weighted by molar-refractivity contribution is -0.142. The number of nitriles is 1. The monoisotopic (exact) mass is 898 g/mol. The molecule has 1 heterocycles. The van der Waals surface area contributed by atoms with Gasteiger partial charge in [0.2, 0.25) is 11.8 Å². The fraction of sp³-hybridized carbons (Fsp3) is 0.434. The molecule has 66 heavy (non-hydrogen) atoms. The smallest absolute Gasteiger partial charge is 0.226 e. The standard InChI is InChI=1S/C53H66N6O7/c1-5-6-9-36-12-15-38(16-13-36)39-17-19-42(34(2)28-39)47(61)33-41(10-7-22-54)53(64)59(4)51-40-18-21-50(66-27-25-57)44(32-40)43-30-37(14-20-49(43)65-26-24-56)31-45(46(60)11-8-23-55)58-52(63)35(3)29-48(51)62/h12-21,28,30,32,35,41,45,51H,5-11,22,24-27,29,31,33,54,56-57H2,1-4H3,(H,58,63)/t35-,41-,45+,51+/m1/s1. The van der Waals surface area contributed by atoms with Gasteiger partial charge < -0.3 is 36.9 Å². The summed E-state index contributed by atoms with van der Waals surface area (Å²) in [5.41, 5.74) is 24.6. The number of nitrogens with one attached hydrogen (secondary N) is 1. The van der Waals surface area contributed by atoms with Gasteiger partial charge in [0.1, 0.15) is 30.8 Å². The van der Waals surface area contributed by atoms with Gasteiger partial charge in [-0.15, -0.1) is 0 Å². The van der Waals surface area contributed by atoms with Gasteiger partial charge in [0.25, 0.3) is 0 Å². The largest absolute Gasteiger partial charge is 0.492 e. The Kier molecular flexibility index (Phi) is 19.2. The van der Waals surface area contributed by atoms with Gasteiger partial charge in [-0.2, -0.15) is 5.26 Å². The van der Waals surface area contributed by atoms with Crippen LogP contribution in [0.25, 0.3) is 22.3 Å². The molecule has 350 valence electrons. The van der Waals surface area contributed by atoms with E-state index in [0.717, 1.165) is 36.0 Å². The van der Waals surface area contributed by atoms with Gasteiger partial charge in [0.15, 0.2) is 17.3 Å². The van der Waals surface area contributed by atoms with Crippen LogP contribution < -0.4 is 32.0 Å². The summed E-state index contributed by atoms with van der Waals surface area (Å²) in [6.07, 6.45) is 3.69. The summed E-state index contributed by atoms with van der Waals surface area (Å²) in [6.45, 7) is 6.78. The maximum Gasteiger partial charge on any atom is 0.226 e. The van der Waals surface area contributed by atoms with E-state index in [0.29, 0.717) is 58.7 Å². The van der Waals surface area contributed by atoms with Crippen molar-refractivity contribution in [3.05, 3.63) is 107 Å². The third-order valence-corrected chi connectivity index (χ3v) is 12.2. The van der Waals surface area contributed by atoms with Crippen LogP contribution in [0.2, 0.25) is 0 Å². The molecule has 0 aliphatic carbocycles. The second kappa shape index (κ2) is 24.9. The van der Waals surface area contributed by atoms with Gasteiger partial charge in [-0.05, 0) is 103 Å². The lowest BCUT2D eigenvalue weighted by Gasteiger charge is -2.32. The van der Waals surface area contributed by atoms with Crippen molar-refractivity contribution in [2.45, 2.75) is 97.1 Å². The first kappa shape index (κ1) is 50.8. The Morgan fingerprint density at radius 3 is 2.15 bits per heavy atom. The zero-order chi connectivity index (χ0) is 47.8. The van der Waals surface area contributed by atoms with Crippen LogP contribution in [0.1, 0.15) is 104 Å². The maximum absolute atomic E-state index is 14.9. The van der Waals surface area contributed by atoms with Crippen molar-refractivity contribution in [1.82, 2.24) is 10.2 Å². The zero-order valence-electron chi connectivity index (χ0n) is 38.9. The minimum atomic E-state index is -1.20. The summed E-state index contributed by atoms with van der Waals surface area (Å²) in [5, 5.41) is 12.1. The van der Waals surface area contributed by atoms with E-state index in [1.165, 1.54) is 10.5 Å². The van der Waals surface area contributed by atoms with Crippen LogP contribution in [-0.2, 0) is 32.0 Å². The molecular weight excluding hydrogens is 833 g/mol. The molecule has 13 nitrogen and oxygen atoms in total. The molecule has 1 aliphatic rings. The van der Waals surface area contributed by atoms with Crippen molar-refractivity contribution in [2.75, 3.05) is 39.9 Å². The van der Waals surface area contributed by atoms with E-state index in [2.05, 4.69) is 36.5 Å². The van der Waals surface area contributed by atoms with Crippen molar-refractivity contribution in [3.8, 4) is 39.8 Å². The van der Waals surface area contributed by atoms with Crippen LogP contribution >= 0.6 is 0 Å². The minimum Gasteiger partial charge on any atom is -0.492 e. The third-order valence-electron chi connectivity index (χ3n) is 12.2. The first-order valence-electron chi connectivity index (χ1n) is 23.2. The average molecular weight is 899 g/mol. The molecule has 4 bridgehead atoms. The van der Waals surface area contributed by atoms with Crippen molar-refractivity contribution in [1.29, 1.82) is 5.26 Å². The van der Waals surface area contributed by atoms with Gasteiger partial charge in [0.05, 0.1) is 12.1 Å². The highest BCUT2D eigenvalue weighted by atomic mass is 16.5. The second-order valence-electron chi connectivity index (χ2n) is 17.3. The molecule has 7 N–H and O–H groups in total. The van der Waals surface area contributed by atoms with Crippen LogP contribution in [0.3, 0.4) is 0 Å². The molecule has 4 aromatic rings. The number of hydrogen-bond acceptors (Lipinski definition) is 11. The van der Waals surface area contributed by atoms with E-state index in [9.17, 15) is 29.2 Å². The Bertz CT molecular complexity index is 2370. The number of ketones is 3. The molecule has 13 heteroatoms. The third kappa shape index (κ3) is 13.2. The molecule has 0 radical (unpaired) electrons. The normalized spacial score (nSPS) is 16.6. The molecule has 0 fully saturated rings. The van der Waals surface area contributed by atoms with Gasteiger partial charge in [-0.3, -0.25) is 24.0 Å². The first-order valence-corrected chi connectivity index (χ1v) is 23.2. The Morgan fingerprint density at radius 1 is 0.848 bits per heavy atom. The van der Waals surface area contributed by atoms with Gasteiger partial charge in [-0.1, -0.05) is 74.9 Å². The molecule has 0 aromatic heterocycles. The molecule has 0 saturated carbocycles. The number of unbranched alkanes of at least 4 members (excludes halogenated alkanes) is 1.